The SMILES string of the molecule is CN(C)C(=O)CNC(=O)CCc1nc2ccccc2c(=O)n1C. The van der Waals surface area contributed by atoms with Gasteiger partial charge >= 0.3 is 0 Å². The van der Waals surface area contributed by atoms with Crippen LogP contribution >= 0.6 is 0 Å². The molecule has 0 spiro atoms. The fourth-order valence-corrected chi connectivity index (χ4v) is 2.13. The molecule has 0 saturated heterocycles. The molecule has 2 aromatic rings. The van der Waals surface area contributed by atoms with Crippen molar-refractivity contribution in [3.63, 3.8) is 0 Å². The summed E-state index contributed by atoms with van der Waals surface area (Å²) >= 11 is 0. The predicted octanol–water partition coefficient (Wildman–Crippen LogP) is 0.0705. The Kier molecular flexibility index (Phi) is 5.10. The number of hydrogen-bond acceptors (Lipinski definition) is 4. The number of amides is 2. The number of aromatic nitrogens is 2. The molecule has 7 nitrogen and oxygen atoms in total. The van der Waals surface area contributed by atoms with Gasteiger partial charge in [-0.3, -0.25) is 19.0 Å². The van der Waals surface area contributed by atoms with E-state index in [1.54, 1.807) is 39.3 Å². The number of carbonyl (C=O) groups is 2. The number of nitrogens with zero attached hydrogens (tertiary/aromatic N) is 3. The van der Waals surface area contributed by atoms with E-state index in [0.717, 1.165) is 0 Å². The summed E-state index contributed by atoms with van der Waals surface area (Å²) in [6.07, 6.45) is 0.498. The molecule has 1 aromatic heterocycles. The largest absolute Gasteiger partial charge is 0.347 e. The van der Waals surface area contributed by atoms with Gasteiger partial charge in [-0.1, -0.05) is 12.1 Å². The second-order valence-electron chi connectivity index (χ2n) is 5.47. The second-order valence-corrected chi connectivity index (χ2v) is 5.47. The molecule has 2 amide bonds. The summed E-state index contributed by atoms with van der Waals surface area (Å²) in [5.41, 5.74) is 0.489. The molecule has 0 saturated carbocycles. The van der Waals surface area contributed by atoms with E-state index in [-0.39, 0.29) is 30.3 Å². The zero-order valence-electron chi connectivity index (χ0n) is 13.5. The van der Waals surface area contributed by atoms with Crippen molar-refractivity contribution in [1.82, 2.24) is 19.8 Å². The highest BCUT2D eigenvalue weighted by atomic mass is 16.2. The molecule has 7 heteroatoms. The number of aryl methyl sites for hydroxylation is 1. The van der Waals surface area contributed by atoms with Crippen LogP contribution in [0, 0.1) is 0 Å². The number of nitrogens with one attached hydrogen (secondary N) is 1. The van der Waals surface area contributed by atoms with Crippen LogP contribution in [0.15, 0.2) is 29.1 Å². The first-order valence-corrected chi connectivity index (χ1v) is 7.31. The molecule has 0 fully saturated rings. The predicted molar refractivity (Wildman–Crippen MR) is 87.0 cm³/mol. The number of benzene rings is 1. The first kappa shape index (κ1) is 16.7. The molecule has 122 valence electrons. The van der Waals surface area contributed by atoms with E-state index >= 15 is 0 Å². The maximum absolute atomic E-state index is 12.3. The number of para-hydroxylation sites is 1. The molecule has 0 atom stereocenters. The van der Waals surface area contributed by atoms with Crippen molar-refractivity contribution in [1.29, 1.82) is 0 Å². The van der Waals surface area contributed by atoms with Crippen molar-refractivity contribution in [2.75, 3.05) is 20.6 Å². The summed E-state index contributed by atoms with van der Waals surface area (Å²) in [6.45, 7) is -0.0318. The van der Waals surface area contributed by atoms with E-state index in [4.69, 9.17) is 0 Å². The van der Waals surface area contributed by atoms with Crippen molar-refractivity contribution in [2.45, 2.75) is 12.8 Å². The van der Waals surface area contributed by atoms with Gasteiger partial charge < -0.3 is 10.2 Å². The molecule has 0 aliphatic rings. The highest BCUT2D eigenvalue weighted by Gasteiger charge is 2.11. The quantitative estimate of drug-likeness (QED) is 0.846. The average Bonchev–Trinajstić information content (AvgIpc) is 2.54. The van der Waals surface area contributed by atoms with Crippen LogP contribution in [0.5, 0.6) is 0 Å². The van der Waals surface area contributed by atoms with Crippen LogP contribution < -0.4 is 10.9 Å². The third-order valence-electron chi connectivity index (χ3n) is 3.59. The van der Waals surface area contributed by atoms with Gasteiger partial charge in [-0.05, 0) is 12.1 Å². The Hall–Kier alpha value is -2.70. The minimum atomic E-state index is -0.248. The normalized spacial score (nSPS) is 10.6. The van der Waals surface area contributed by atoms with Gasteiger partial charge in [0.1, 0.15) is 5.82 Å². The molecule has 1 aromatic carbocycles. The number of likely N-dealkylation sites (N-methyl/N-ethyl adjacent to an activating group) is 1. The van der Waals surface area contributed by atoms with Gasteiger partial charge in [0.25, 0.3) is 5.56 Å². The monoisotopic (exact) mass is 316 g/mol. The van der Waals surface area contributed by atoms with Gasteiger partial charge in [0.2, 0.25) is 11.8 Å². The lowest BCUT2D eigenvalue weighted by atomic mass is 10.2. The Bertz CT molecular complexity index is 796. The lowest BCUT2D eigenvalue weighted by Crippen LogP contribution is -2.36. The van der Waals surface area contributed by atoms with Crippen molar-refractivity contribution in [3.05, 3.63) is 40.4 Å². The van der Waals surface area contributed by atoms with Crippen molar-refractivity contribution in [2.24, 2.45) is 7.05 Å². The maximum Gasteiger partial charge on any atom is 0.261 e. The minimum Gasteiger partial charge on any atom is -0.347 e. The summed E-state index contributed by atoms with van der Waals surface area (Å²) in [5.74, 6) is 0.125. The van der Waals surface area contributed by atoms with Gasteiger partial charge in [0, 0.05) is 34.0 Å². The summed E-state index contributed by atoms with van der Waals surface area (Å²) in [4.78, 5) is 41.3. The first-order chi connectivity index (χ1) is 10.9. The topological polar surface area (TPSA) is 84.3 Å². The van der Waals surface area contributed by atoms with Crippen LogP contribution in [0.1, 0.15) is 12.2 Å². The smallest absolute Gasteiger partial charge is 0.261 e. The van der Waals surface area contributed by atoms with Gasteiger partial charge in [-0.25, -0.2) is 4.98 Å². The lowest BCUT2D eigenvalue weighted by molar-refractivity contribution is -0.130. The van der Waals surface area contributed by atoms with Crippen molar-refractivity contribution < 1.29 is 9.59 Å². The molecule has 0 bridgehead atoms. The van der Waals surface area contributed by atoms with E-state index in [1.165, 1.54) is 9.47 Å². The van der Waals surface area contributed by atoms with Crippen LogP contribution in [0.3, 0.4) is 0 Å². The van der Waals surface area contributed by atoms with Gasteiger partial charge in [0.15, 0.2) is 0 Å². The Balaban J connectivity index is 2.05. The van der Waals surface area contributed by atoms with Crippen molar-refractivity contribution in [3.8, 4) is 0 Å². The molecule has 0 aliphatic heterocycles. The van der Waals surface area contributed by atoms with Crippen LogP contribution in [0.25, 0.3) is 10.9 Å². The van der Waals surface area contributed by atoms with Crippen LogP contribution in [-0.2, 0) is 23.1 Å². The Morgan fingerprint density at radius 1 is 1.26 bits per heavy atom. The van der Waals surface area contributed by atoms with Crippen LogP contribution in [0.4, 0.5) is 0 Å². The number of hydrogen-bond donors (Lipinski definition) is 1. The Morgan fingerprint density at radius 2 is 1.96 bits per heavy atom. The fourth-order valence-electron chi connectivity index (χ4n) is 2.13. The van der Waals surface area contributed by atoms with E-state index in [0.29, 0.717) is 23.1 Å². The Morgan fingerprint density at radius 3 is 2.65 bits per heavy atom. The minimum absolute atomic E-state index is 0.0318. The van der Waals surface area contributed by atoms with Crippen molar-refractivity contribution >= 4 is 22.7 Å². The summed E-state index contributed by atoms with van der Waals surface area (Å²) in [7, 11) is 4.90. The molecular formula is C16H20N4O3. The maximum atomic E-state index is 12.3. The molecule has 2 rings (SSSR count). The van der Waals surface area contributed by atoms with Crippen LogP contribution in [0.2, 0.25) is 0 Å². The summed E-state index contributed by atoms with van der Waals surface area (Å²) in [6, 6.07) is 7.11. The van der Waals surface area contributed by atoms with Gasteiger partial charge in [0.05, 0.1) is 17.4 Å². The summed E-state index contributed by atoms with van der Waals surface area (Å²) < 4.78 is 1.46. The third kappa shape index (κ3) is 3.94. The molecule has 0 unspecified atom stereocenters. The first-order valence-electron chi connectivity index (χ1n) is 7.31. The highest BCUT2D eigenvalue weighted by Crippen LogP contribution is 2.08. The molecular weight excluding hydrogens is 296 g/mol. The molecule has 1 heterocycles. The average molecular weight is 316 g/mol. The van der Waals surface area contributed by atoms with Gasteiger partial charge in [-0.15, -0.1) is 0 Å². The lowest BCUT2D eigenvalue weighted by Gasteiger charge is -2.11. The fraction of sp³-hybridized carbons (Fsp3) is 0.375. The van der Waals surface area contributed by atoms with Crippen LogP contribution in [-0.4, -0.2) is 46.9 Å². The summed E-state index contributed by atoms with van der Waals surface area (Å²) in [5, 5.41) is 3.12. The molecule has 1 N–H and O–H groups in total. The second kappa shape index (κ2) is 7.04. The number of fused-ring (bicyclic) bond motifs is 1. The van der Waals surface area contributed by atoms with E-state index in [9.17, 15) is 14.4 Å². The highest BCUT2D eigenvalue weighted by molar-refractivity contribution is 5.84. The zero-order valence-corrected chi connectivity index (χ0v) is 13.5. The zero-order chi connectivity index (χ0) is 17.0. The van der Waals surface area contributed by atoms with E-state index < -0.39 is 0 Å². The standard InChI is InChI=1S/C16H20N4O3/c1-19(2)15(22)10-17-14(21)9-8-13-18-12-7-5-4-6-11(12)16(23)20(13)3/h4-7H,8-10H2,1-3H3,(H,17,21). The third-order valence-corrected chi connectivity index (χ3v) is 3.59. The Labute approximate surface area is 133 Å². The van der Waals surface area contributed by atoms with E-state index in [2.05, 4.69) is 10.3 Å². The molecule has 0 radical (unpaired) electrons. The molecule has 23 heavy (non-hydrogen) atoms. The number of rotatable bonds is 5. The van der Waals surface area contributed by atoms with E-state index in [1.807, 2.05) is 6.07 Å². The number of carbonyl (C=O) groups excluding carboxylic acids is 2. The van der Waals surface area contributed by atoms with Gasteiger partial charge in [-0.2, -0.15) is 0 Å². The molecule has 0 aliphatic carbocycles.